The highest BCUT2D eigenvalue weighted by molar-refractivity contribution is 5.90. The number of carbonyl (C=O) groups is 3. The third-order valence-corrected chi connectivity index (χ3v) is 6.07. The van der Waals surface area contributed by atoms with E-state index in [0.717, 1.165) is 25.8 Å². The molecule has 0 unspecified atom stereocenters. The third kappa shape index (κ3) is 6.96. The number of likely N-dealkylation sites (tertiary alicyclic amines) is 1. The van der Waals surface area contributed by atoms with Gasteiger partial charge in [-0.05, 0) is 50.4 Å². The smallest absolute Gasteiger partial charge is 0.306 e. The molecule has 0 aromatic rings. The highest BCUT2D eigenvalue weighted by Gasteiger charge is 2.39. The zero-order valence-electron chi connectivity index (χ0n) is 19.5. The molecule has 0 aliphatic carbocycles. The average Bonchev–Trinajstić information content (AvgIpc) is 2.68. The van der Waals surface area contributed by atoms with E-state index in [0.29, 0.717) is 50.9 Å². The number of ether oxygens (including phenoxy) is 1. The second kappa shape index (κ2) is 11.7. The van der Waals surface area contributed by atoms with Crippen molar-refractivity contribution >= 4 is 17.8 Å². The minimum absolute atomic E-state index is 0.0612. The maximum Gasteiger partial charge on any atom is 0.306 e. The van der Waals surface area contributed by atoms with E-state index in [1.165, 1.54) is 0 Å². The minimum Gasteiger partial charge on any atom is -0.466 e. The third-order valence-electron chi connectivity index (χ3n) is 6.07. The topological polar surface area (TPSA) is 79.0 Å². The summed E-state index contributed by atoms with van der Waals surface area (Å²) in [5.74, 6) is 0.994. The van der Waals surface area contributed by atoms with Gasteiger partial charge in [0.05, 0.1) is 12.6 Å². The van der Waals surface area contributed by atoms with E-state index >= 15 is 0 Å². The lowest BCUT2D eigenvalue weighted by Crippen LogP contribution is -2.62. The molecule has 2 aliphatic rings. The maximum atomic E-state index is 13.5. The van der Waals surface area contributed by atoms with Crippen molar-refractivity contribution in [2.45, 2.75) is 78.8 Å². The van der Waals surface area contributed by atoms with E-state index in [1.54, 1.807) is 0 Å². The van der Waals surface area contributed by atoms with Gasteiger partial charge in [-0.2, -0.15) is 0 Å². The Kier molecular flexibility index (Phi) is 9.59. The summed E-state index contributed by atoms with van der Waals surface area (Å²) in [7, 11) is 0. The SMILES string of the molecule is CCOC(=O)CC1CCN(C(=O)[C@H](CC(C)C)N2CCN[C@@H](CC(C)C)C2=O)CC1. The number of rotatable bonds is 9. The van der Waals surface area contributed by atoms with Gasteiger partial charge in [0.15, 0.2) is 0 Å². The second-order valence-electron chi connectivity index (χ2n) is 9.59. The van der Waals surface area contributed by atoms with Gasteiger partial charge in [0.25, 0.3) is 0 Å². The van der Waals surface area contributed by atoms with E-state index in [9.17, 15) is 14.4 Å². The minimum atomic E-state index is -0.393. The molecule has 1 N–H and O–H groups in total. The van der Waals surface area contributed by atoms with Crippen molar-refractivity contribution in [3.8, 4) is 0 Å². The molecule has 2 atom stereocenters. The van der Waals surface area contributed by atoms with Crippen molar-refractivity contribution in [1.29, 1.82) is 0 Å². The van der Waals surface area contributed by atoms with Gasteiger partial charge in [-0.3, -0.25) is 14.4 Å². The molecule has 7 heteroatoms. The van der Waals surface area contributed by atoms with Crippen molar-refractivity contribution in [2.75, 3.05) is 32.8 Å². The van der Waals surface area contributed by atoms with Crippen LogP contribution < -0.4 is 5.32 Å². The number of piperazine rings is 1. The fourth-order valence-corrected chi connectivity index (χ4v) is 4.55. The Morgan fingerprint density at radius 3 is 2.33 bits per heavy atom. The molecular formula is C23H41N3O4. The number of piperidine rings is 1. The lowest BCUT2D eigenvalue weighted by Gasteiger charge is -2.42. The first-order valence-corrected chi connectivity index (χ1v) is 11.7. The van der Waals surface area contributed by atoms with Crippen LogP contribution >= 0.6 is 0 Å². The molecule has 2 saturated heterocycles. The van der Waals surface area contributed by atoms with Crippen molar-refractivity contribution in [1.82, 2.24) is 15.1 Å². The van der Waals surface area contributed by atoms with Gasteiger partial charge in [0.2, 0.25) is 11.8 Å². The van der Waals surface area contributed by atoms with Gasteiger partial charge in [-0.25, -0.2) is 0 Å². The van der Waals surface area contributed by atoms with Crippen LogP contribution in [0.2, 0.25) is 0 Å². The van der Waals surface area contributed by atoms with Gasteiger partial charge in [0.1, 0.15) is 6.04 Å². The highest BCUT2D eigenvalue weighted by atomic mass is 16.5. The summed E-state index contributed by atoms with van der Waals surface area (Å²) in [6.45, 7) is 13.3. The van der Waals surface area contributed by atoms with Crippen LogP contribution in [0.15, 0.2) is 0 Å². The van der Waals surface area contributed by atoms with Crippen molar-refractivity contribution < 1.29 is 19.1 Å². The maximum absolute atomic E-state index is 13.5. The summed E-state index contributed by atoms with van der Waals surface area (Å²) in [6, 6.07) is -0.590. The van der Waals surface area contributed by atoms with Crippen molar-refractivity contribution in [2.24, 2.45) is 17.8 Å². The Hall–Kier alpha value is -1.63. The van der Waals surface area contributed by atoms with Gasteiger partial charge >= 0.3 is 5.97 Å². The van der Waals surface area contributed by atoms with E-state index in [-0.39, 0.29) is 29.7 Å². The first kappa shape index (κ1) is 24.6. The number of esters is 1. The molecule has 172 valence electrons. The molecule has 2 aliphatic heterocycles. The normalized spacial score (nSPS) is 22.0. The monoisotopic (exact) mass is 423 g/mol. The number of hydrogen-bond donors (Lipinski definition) is 1. The Bertz CT molecular complexity index is 585. The van der Waals surface area contributed by atoms with Gasteiger partial charge in [-0.1, -0.05) is 27.7 Å². The van der Waals surface area contributed by atoms with Gasteiger partial charge in [-0.15, -0.1) is 0 Å². The Balaban J connectivity index is 2.02. The number of amides is 2. The second-order valence-corrected chi connectivity index (χ2v) is 9.59. The molecule has 2 heterocycles. The largest absolute Gasteiger partial charge is 0.466 e. The molecule has 0 saturated carbocycles. The summed E-state index contributed by atoms with van der Waals surface area (Å²) in [5.41, 5.74) is 0. The van der Waals surface area contributed by atoms with Crippen LogP contribution in [0, 0.1) is 17.8 Å². The average molecular weight is 424 g/mol. The standard InChI is InChI=1S/C23H41N3O4/c1-6-30-21(27)15-18-7-10-25(11-8-18)23(29)20(14-17(4)5)26-12-9-24-19(22(26)28)13-16(2)3/h16-20,24H,6-15H2,1-5H3/t19-,20-/m0/s1. The molecular weight excluding hydrogens is 382 g/mol. The lowest BCUT2D eigenvalue weighted by atomic mass is 9.92. The first-order chi connectivity index (χ1) is 14.2. The van der Waals surface area contributed by atoms with E-state index in [4.69, 9.17) is 4.74 Å². The molecule has 0 radical (unpaired) electrons. The molecule has 2 amide bonds. The van der Waals surface area contributed by atoms with E-state index in [2.05, 4.69) is 33.0 Å². The fourth-order valence-electron chi connectivity index (χ4n) is 4.55. The predicted molar refractivity (Wildman–Crippen MR) is 117 cm³/mol. The van der Waals surface area contributed by atoms with Crippen LogP contribution in [0.5, 0.6) is 0 Å². The van der Waals surface area contributed by atoms with Crippen LogP contribution in [0.4, 0.5) is 0 Å². The summed E-state index contributed by atoms with van der Waals surface area (Å²) < 4.78 is 5.06. The molecule has 2 rings (SSSR count). The fraction of sp³-hybridized carbons (Fsp3) is 0.870. The number of nitrogens with zero attached hydrogens (tertiary/aromatic N) is 2. The van der Waals surface area contributed by atoms with Crippen LogP contribution in [0.3, 0.4) is 0 Å². The molecule has 0 spiro atoms. The van der Waals surface area contributed by atoms with Gasteiger partial charge < -0.3 is 19.9 Å². The highest BCUT2D eigenvalue weighted by Crippen LogP contribution is 2.25. The zero-order valence-corrected chi connectivity index (χ0v) is 19.5. The van der Waals surface area contributed by atoms with Crippen LogP contribution in [0.1, 0.15) is 66.7 Å². The number of nitrogens with one attached hydrogen (secondary N) is 1. The van der Waals surface area contributed by atoms with Gasteiger partial charge in [0, 0.05) is 32.6 Å². The van der Waals surface area contributed by atoms with Crippen LogP contribution in [-0.2, 0) is 19.1 Å². The Morgan fingerprint density at radius 1 is 1.10 bits per heavy atom. The van der Waals surface area contributed by atoms with Crippen LogP contribution in [-0.4, -0.2) is 72.5 Å². The zero-order chi connectivity index (χ0) is 22.3. The van der Waals surface area contributed by atoms with Crippen LogP contribution in [0.25, 0.3) is 0 Å². The molecule has 0 bridgehead atoms. The van der Waals surface area contributed by atoms with E-state index in [1.807, 2.05) is 16.7 Å². The Morgan fingerprint density at radius 2 is 1.77 bits per heavy atom. The number of carbonyl (C=O) groups excluding carboxylic acids is 3. The number of hydrogen-bond acceptors (Lipinski definition) is 5. The van der Waals surface area contributed by atoms with Crippen molar-refractivity contribution in [3.05, 3.63) is 0 Å². The van der Waals surface area contributed by atoms with E-state index < -0.39 is 6.04 Å². The lowest BCUT2D eigenvalue weighted by molar-refractivity contribution is -0.151. The summed E-state index contributed by atoms with van der Waals surface area (Å²) in [4.78, 5) is 42.1. The molecule has 0 aromatic heterocycles. The van der Waals surface area contributed by atoms with Crippen molar-refractivity contribution in [3.63, 3.8) is 0 Å². The molecule has 2 fully saturated rings. The summed E-state index contributed by atoms with van der Waals surface area (Å²) in [6.07, 6.45) is 3.52. The molecule has 0 aromatic carbocycles. The quantitative estimate of drug-likeness (QED) is 0.576. The molecule has 7 nitrogen and oxygen atoms in total. The first-order valence-electron chi connectivity index (χ1n) is 11.7. The Labute approximate surface area is 181 Å². The molecule has 30 heavy (non-hydrogen) atoms. The summed E-state index contributed by atoms with van der Waals surface area (Å²) in [5, 5.41) is 3.33. The summed E-state index contributed by atoms with van der Waals surface area (Å²) >= 11 is 0. The predicted octanol–water partition coefficient (Wildman–Crippen LogP) is 2.44.